The summed E-state index contributed by atoms with van der Waals surface area (Å²) in [5.74, 6) is -1.06. The maximum atomic E-state index is 11.2. The molecule has 1 aromatic heterocycles. The molecule has 0 unspecified atom stereocenters. The van der Waals surface area contributed by atoms with Gasteiger partial charge in [0, 0.05) is 19.3 Å². The predicted molar refractivity (Wildman–Crippen MR) is 52.4 cm³/mol. The lowest BCUT2D eigenvalue weighted by Crippen LogP contribution is -2.33. The number of aliphatic carboxylic acids is 1. The zero-order valence-corrected chi connectivity index (χ0v) is 8.24. The first-order valence-electron chi connectivity index (χ1n) is 3.76. The van der Waals surface area contributed by atoms with E-state index in [1.54, 1.807) is 7.05 Å². The minimum absolute atomic E-state index is 0.221. The number of carboxylic acid groups (broad SMARTS) is 1. The largest absolute Gasteiger partial charge is 0.480 e. The quantitative estimate of drug-likeness (QED) is 0.667. The number of aromatic nitrogens is 2. The molecule has 0 bridgehead atoms. The van der Waals surface area contributed by atoms with Crippen LogP contribution in [0.3, 0.4) is 0 Å². The highest BCUT2D eigenvalue weighted by Gasteiger charge is 2.00. The first kappa shape index (κ1) is 10.5. The Morgan fingerprint density at radius 2 is 2.36 bits per heavy atom. The Morgan fingerprint density at radius 1 is 1.71 bits per heavy atom. The van der Waals surface area contributed by atoms with Gasteiger partial charge in [-0.3, -0.25) is 9.59 Å². The smallest absolute Gasteiger partial charge is 0.324 e. The summed E-state index contributed by atoms with van der Waals surface area (Å²) in [5.41, 5.74) is 2.02. The van der Waals surface area contributed by atoms with Crippen molar-refractivity contribution < 1.29 is 9.90 Å². The molecule has 0 saturated carbocycles. The van der Waals surface area contributed by atoms with Gasteiger partial charge in [-0.05, 0) is 12.2 Å². The minimum Gasteiger partial charge on any atom is -0.480 e. The van der Waals surface area contributed by atoms with Gasteiger partial charge in [0.1, 0.15) is 6.54 Å². The van der Waals surface area contributed by atoms with Crippen molar-refractivity contribution in [3.63, 3.8) is 0 Å². The number of nitrogens with one attached hydrogen (secondary N) is 1. The Balaban J connectivity index is 3.08. The van der Waals surface area contributed by atoms with Crippen LogP contribution in [0.1, 0.15) is 0 Å². The number of rotatable bonds is 3. The van der Waals surface area contributed by atoms with Gasteiger partial charge in [0.05, 0.1) is 0 Å². The molecule has 2 N–H and O–H groups in total. The molecule has 0 aliphatic heterocycles. The Labute approximate surface area is 84.4 Å². The summed E-state index contributed by atoms with van der Waals surface area (Å²) in [6.45, 7) is -0.354. The summed E-state index contributed by atoms with van der Waals surface area (Å²) >= 11 is 4.90. The molecule has 76 valence electrons. The molecule has 14 heavy (non-hydrogen) atoms. The van der Waals surface area contributed by atoms with Crippen LogP contribution in [0.2, 0.25) is 0 Å². The van der Waals surface area contributed by atoms with Gasteiger partial charge in [-0.25, -0.2) is 0 Å². The summed E-state index contributed by atoms with van der Waals surface area (Å²) < 4.78 is 2.77. The number of nitrogens with zero attached hydrogens (tertiary/aromatic N) is 2. The molecule has 0 fully saturated rings. The molecule has 7 heteroatoms. The highest BCUT2D eigenvalue weighted by atomic mass is 32.1. The van der Waals surface area contributed by atoms with E-state index in [2.05, 4.69) is 5.43 Å². The van der Waals surface area contributed by atoms with Crippen molar-refractivity contribution in [1.29, 1.82) is 0 Å². The van der Waals surface area contributed by atoms with E-state index < -0.39 is 5.97 Å². The maximum Gasteiger partial charge on any atom is 0.324 e. The summed E-state index contributed by atoms with van der Waals surface area (Å²) in [6, 6.07) is 1.30. The van der Waals surface area contributed by atoms with E-state index in [-0.39, 0.29) is 16.9 Å². The average Bonchev–Trinajstić information content (AvgIpc) is 2.11. The van der Waals surface area contributed by atoms with Gasteiger partial charge in [-0.15, -0.1) is 0 Å². The second-order valence-electron chi connectivity index (χ2n) is 2.61. The first-order chi connectivity index (χ1) is 6.52. The van der Waals surface area contributed by atoms with E-state index in [1.807, 2.05) is 0 Å². The Morgan fingerprint density at radius 3 is 2.93 bits per heavy atom. The van der Waals surface area contributed by atoms with Crippen molar-refractivity contribution in [1.82, 2.24) is 9.24 Å². The molecule has 6 nitrogen and oxygen atoms in total. The molecule has 0 atom stereocenters. The van der Waals surface area contributed by atoms with Gasteiger partial charge < -0.3 is 15.1 Å². The van der Waals surface area contributed by atoms with E-state index in [4.69, 9.17) is 17.3 Å². The van der Waals surface area contributed by atoms with Crippen molar-refractivity contribution in [3.8, 4) is 0 Å². The van der Waals surface area contributed by atoms with Gasteiger partial charge >= 0.3 is 5.97 Å². The van der Waals surface area contributed by atoms with Crippen molar-refractivity contribution in [2.75, 3.05) is 12.0 Å². The Bertz CT molecular complexity index is 462. The van der Waals surface area contributed by atoms with Gasteiger partial charge in [-0.2, -0.15) is 4.68 Å². The molecule has 1 aromatic rings. The van der Waals surface area contributed by atoms with Crippen LogP contribution in [0.4, 0.5) is 0 Å². The van der Waals surface area contributed by atoms with Crippen LogP contribution in [0, 0.1) is 4.77 Å². The number of carboxylic acids is 1. The molecule has 0 radical (unpaired) electrons. The molecular formula is C7H9N3O3S. The molecule has 1 rings (SSSR count). The molecule has 0 aromatic carbocycles. The molecule has 0 aliphatic carbocycles. The lowest BCUT2D eigenvalue weighted by atomic mass is 10.6. The molecule has 0 aliphatic rings. The summed E-state index contributed by atoms with van der Waals surface area (Å²) in [5, 5.41) is 8.41. The third kappa shape index (κ3) is 2.19. The number of carbonyl (C=O) groups is 1. The fraction of sp³-hybridized carbons (Fsp3) is 0.286. The lowest BCUT2D eigenvalue weighted by molar-refractivity contribution is -0.135. The fourth-order valence-electron chi connectivity index (χ4n) is 0.858. The highest BCUT2D eigenvalue weighted by molar-refractivity contribution is 7.71. The molecule has 0 amide bonds. The van der Waals surface area contributed by atoms with E-state index in [1.165, 1.54) is 16.8 Å². The average molecular weight is 215 g/mol. The lowest BCUT2D eigenvalue weighted by Gasteiger charge is -2.08. The monoisotopic (exact) mass is 215 g/mol. The van der Waals surface area contributed by atoms with Crippen LogP contribution in [0.15, 0.2) is 17.1 Å². The summed E-state index contributed by atoms with van der Waals surface area (Å²) in [7, 11) is 1.67. The van der Waals surface area contributed by atoms with Crippen LogP contribution in [-0.4, -0.2) is 26.9 Å². The SMILES string of the molecule is Cn1ccc(=O)n(NCC(=O)O)c1=S. The van der Waals surface area contributed by atoms with Gasteiger partial charge in [-0.1, -0.05) is 0 Å². The zero-order chi connectivity index (χ0) is 10.7. The Hall–Kier alpha value is -1.63. The van der Waals surface area contributed by atoms with Gasteiger partial charge in [0.25, 0.3) is 5.56 Å². The van der Waals surface area contributed by atoms with E-state index >= 15 is 0 Å². The van der Waals surface area contributed by atoms with Gasteiger partial charge in [0.2, 0.25) is 4.77 Å². The highest BCUT2D eigenvalue weighted by Crippen LogP contribution is 1.84. The summed E-state index contributed by atoms with van der Waals surface area (Å²) in [6.07, 6.45) is 1.52. The van der Waals surface area contributed by atoms with Gasteiger partial charge in [0.15, 0.2) is 0 Å². The number of hydrogen-bond acceptors (Lipinski definition) is 4. The van der Waals surface area contributed by atoms with Crippen LogP contribution in [-0.2, 0) is 11.8 Å². The number of hydrogen-bond donors (Lipinski definition) is 2. The first-order valence-corrected chi connectivity index (χ1v) is 4.17. The van der Waals surface area contributed by atoms with Crippen molar-refractivity contribution >= 4 is 18.2 Å². The van der Waals surface area contributed by atoms with E-state index in [0.29, 0.717) is 0 Å². The zero-order valence-electron chi connectivity index (χ0n) is 7.43. The van der Waals surface area contributed by atoms with Crippen LogP contribution >= 0.6 is 12.2 Å². The Kier molecular flexibility index (Phi) is 3.03. The third-order valence-corrected chi connectivity index (χ3v) is 2.01. The van der Waals surface area contributed by atoms with Crippen molar-refractivity contribution in [2.24, 2.45) is 7.05 Å². The normalized spacial score (nSPS) is 9.79. The van der Waals surface area contributed by atoms with Crippen molar-refractivity contribution in [3.05, 3.63) is 27.4 Å². The molecule has 0 spiro atoms. The molecular weight excluding hydrogens is 206 g/mol. The minimum atomic E-state index is -1.06. The van der Waals surface area contributed by atoms with Crippen LogP contribution in [0.25, 0.3) is 0 Å². The predicted octanol–water partition coefficient (Wildman–Crippen LogP) is -0.456. The second kappa shape index (κ2) is 4.05. The molecule has 1 heterocycles. The van der Waals surface area contributed by atoms with Crippen molar-refractivity contribution in [2.45, 2.75) is 0 Å². The summed E-state index contributed by atoms with van der Waals surface area (Å²) in [4.78, 5) is 21.5. The van der Waals surface area contributed by atoms with Crippen LogP contribution in [0.5, 0.6) is 0 Å². The van der Waals surface area contributed by atoms with Crippen LogP contribution < -0.4 is 11.0 Å². The number of aryl methyl sites for hydroxylation is 1. The van der Waals surface area contributed by atoms with E-state index in [0.717, 1.165) is 4.68 Å². The molecule has 0 saturated heterocycles. The second-order valence-corrected chi connectivity index (χ2v) is 2.98. The fourth-order valence-corrected chi connectivity index (χ4v) is 1.07. The standard InChI is InChI=1S/C7H9N3O3S/c1-9-3-2-5(11)10(7(9)14)8-4-6(12)13/h2-3,8H,4H2,1H3,(H,12,13). The van der Waals surface area contributed by atoms with E-state index in [9.17, 15) is 9.59 Å². The third-order valence-electron chi connectivity index (χ3n) is 1.54. The maximum absolute atomic E-state index is 11.2. The topological polar surface area (TPSA) is 76.3 Å².